The highest BCUT2D eigenvalue weighted by atomic mass is 16.3. The summed E-state index contributed by atoms with van der Waals surface area (Å²) in [5.74, 6) is 0. The van der Waals surface area contributed by atoms with Crippen LogP contribution in [0.4, 0.5) is 0 Å². The van der Waals surface area contributed by atoms with Gasteiger partial charge in [-0.15, -0.1) is 0 Å². The van der Waals surface area contributed by atoms with Crippen LogP contribution in [-0.2, 0) is 0 Å². The van der Waals surface area contributed by atoms with Gasteiger partial charge in [-0.1, -0.05) is 139 Å². The molecule has 41 heavy (non-hydrogen) atoms. The lowest BCUT2D eigenvalue weighted by atomic mass is 9.84. The van der Waals surface area contributed by atoms with Crippen molar-refractivity contribution >= 4 is 65.0 Å². The fourth-order valence-electron chi connectivity index (χ4n) is 6.37. The van der Waals surface area contributed by atoms with Gasteiger partial charge in [-0.2, -0.15) is 0 Å². The first-order chi connectivity index (χ1) is 23.7. The lowest BCUT2D eigenvalue weighted by Crippen LogP contribution is -1.91. The van der Waals surface area contributed by atoms with Crippen LogP contribution >= 0.6 is 0 Å². The third kappa shape index (κ3) is 3.18. The van der Waals surface area contributed by atoms with E-state index in [1.165, 1.54) is 0 Å². The maximum absolute atomic E-state index is 9.34. The molecule has 0 aliphatic carbocycles. The van der Waals surface area contributed by atoms with Gasteiger partial charge < -0.3 is 4.42 Å². The van der Waals surface area contributed by atoms with Gasteiger partial charge in [-0.25, -0.2) is 0 Å². The Hall–Kier alpha value is -5.40. The molecule has 0 spiro atoms. The third-order valence-corrected chi connectivity index (χ3v) is 8.09. The van der Waals surface area contributed by atoms with Gasteiger partial charge in [0, 0.05) is 21.9 Å². The second-order valence-corrected chi connectivity index (χ2v) is 10.2. The molecular formula is C40H24O. The zero-order valence-electron chi connectivity index (χ0n) is 29.6. The van der Waals surface area contributed by atoms with E-state index in [4.69, 9.17) is 9.90 Å². The van der Waals surface area contributed by atoms with Crippen LogP contribution in [0.2, 0.25) is 0 Å². The molecule has 0 saturated carbocycles. The van der Waals surface area contributed by atoms with Crippen LogP contribution in [0.1, 0.15) is 11.0 Å². The number of benzene rings is 8. The van der Waals surface area contributed by atoms with Crippen molar-refractivity contribution in [3.63, 3.8) is 0 Å². The molecule has 0 saturated heterocycles. The topological polar surface area (TPSA) is 13.1 Å². The van der Waals surface area contributed by atoms with Crippen LogP contribution in [0.5, 0.6) is 0 Å². The lowest BCUT2D eigenvalue weighted by Gasteiger charge is -2.18. The lowest BCUT2D eigenvalue weighted by molar-refractivity contribution is 0.670. The molecule has 0 radical (unpaired) electrons. The van der Waals surface area contributed by atoms with E-state index in [2.05, 4.69) is 0 Å². The summed E-state index contributed by atoms with van der Waals surface area (Å²) in [7, 11) is 0. The van der Waals surface area contributed by atoms with Crippen LogP contribution in [-0.4, -0.2) is 0 Å². The van der Waals surface area contributed by atoms with E-state index < -0.39 is 24.2 Å². The summed E-state index contributed by atoms with van der Waals surface area (Å²) in [6, 6.07) is 27.8. The van der Waals surface area contributed by atoms with Gasteiger partial charge >= 0.3 is 0 Å². The van der Waals surface area contributed by atoms with Crippen LogP contribution in [0.15, 0.2) is 150 Å². The number of rotatable bonds is 2. The summed E-state index contributed by atoms with van der Waals surface area (Å²) in [6.07, 6.45) is 0. The highest BCUT2D eigenvalue weighted by Gasteiger charge is 2.21. The molecule has 0 bridgehead atoms. The molecule has 0 amide bonds. The van der Waals surface area contributed by atoms with E-state index in [0.29, 0.717) is 27.9 Å². The predicted octanol–water partition coefficient (Wildman–Crippen LogP) is 11.5. The van der Waals surface area contributed by atoms with Crippen LogP contribution in [0.3, 0.4) is 0 Å². The van der Waals surface area contributed by atoms with Crippen molar-refractivity contribution in [1.82, 2.24) is 0 Å². The zero-order chi connectivity index (χ0) is 33.9. The number of hydrogen-bond donors (Lipinski definition) is 0. The Morgan fingerprint density at radius 2 is 0.927 bits per heavy atom. The monoisotopic (exact) mass is 528 g/mol. The average molecular weight is 529 g/mol. The summed E-state index contributed by atoms with van der Waals surface area (Å²) in [6.45, 7) is 0. The predicted molar refractivity (Wildman–Crippen MR) is 175 cm³/mol. The average Bonchev–Trinajstić information content (AvgIpc) is 3.53. The van der Waals surface area contributed by atoms with Crippen molar-refractivity contribution < 1.29 is 15.4 Å². The highest BCUT2D eigenvalue weighted by Crippen LogP contribution is 2.47. The number of fused-ring (bicyclic) bond motifs is 8. The number of hydrogen-bond acceptors (Lipinski definition) is 1. The van der Waals surface area contributed by atoms with Gasteiger partial charge in [0.2, 0.25) is 0 Å². The van der Waals surface area contributed by atoms with Gasteiger partial charge in [0.25, 0.3) is 0 Å². The molecule has 0 N–H and O–H groups in total. The second kappa shape index (κ2) is 8.55. The highest BCUT2D eigenvalue weighted by molar-refractivity contribution is 6.27. The van der Waals surface area contributed by atoms with Crippen LogP contribution < -0.4 is 0 Å². The standard InChI is InChI=1S/C40H24O/c1-3-14-27-25(11-1)13-9-20-29(27)37-30-16-5-7-18-32(30)38(33-19-8-6-17-31(33)37)34-21-10-22-35-39-28-15-4-2-12-26(28)23-24-36(39)41-40(34)35/h1-24H/i5D,6D,7D,8D,16D,17D,18D,19D. The minimum absolute atomic E-state index is 0.157. The first kappa shape index (κ1) is 16.0. The fourth-order valence-corrected chi connectivity index (χ4v) is 6.37. The Balaban J connectivity index is 1.60. The number of para-hydroxylation sites is 1. The van der Waals surface area contributed by atoms with Gasteiger partial charge in [-0.3, -0.25) is 0 Å². The second-order valence-electron chi connectivity index (χ2n) is 10.2. The van der Waals surface area contributed by atoms with E-state index in [1.807, 2.05) is 91.0 Å². The van der Waals surface area contributed by atoms with Gasteiger partial charge in [0.05, 0.1) is 11.0 Å². The first-order valence-corrected chi connectivity index (χ1v) is 13.5. The van der Waals surface area contributed by atoms with E-state index >= 15 is 0 Å². The molecule has 190 valence electrons. The van der Waals surface area contributed by atoms with E-state index in [1.54, 1.807) is 6.07 Å². The minimum Gasteiger partial charge on any atom is -0.455 e. The van der Waals surface area contributed by atoms with Gasteiger partial charge in [0.15, 0.2) is 0 Å². The quantitative estimate of drug-likeness (QED) is 0.203. The van der Waals surface area contributed by atoms with Crippen molar-refractivity contribution in [1.29, 1.82) is 0 Å². The molecule has 9 aromatic rings. The Bertz CT molecular complexity index is 2840. The van der Waals surface area contributed by atoms with Crippen LogP contribution in [0.25, 0.3) is 87.3 Å². The van der Waals surface area contributed by atoms with Crippen molar-refractivity contribution in [3.05, 3.63) is 145 Å². The molecule has 0 aliphatic heterocycles. The normalized spacial score (nSPS) is 14.6. The first-order valence-electron chi connectivity index (χ1n) is 17.5. The molecule has 1 heteroatoms. The SMILES string of the molecule is [2H]c1c([2H])c([2H])c2c(-c3cccc4c3oc3ccc5ccccc5c34)c3c([2H])c([2H])c([2H])c([2H])c3c(-c3cccc4ccccc34)c2c1[2H]. The Labute approximate surface area is 248 Å². The Morgan fingerprint density at radius 3 is 1.63 bits per heavy atom. The van der Waals surface area contributed by atoms with Crippen molar-refractivity contribution in [2.24, 2.45) is 0 Å². The summed E-state index contributed by atoms with van der Waals surface area (Å²) in [5, 5.41) is 6.01. The fraction of sp³-hybridized carbons (Fsp3) is 0. The Kier molecular flexibility index (Phi) is 3.34. The van der Waals surface area contributed by atoms with E-state index in [0.717, 1.165) is 32.3 Å². The van der Waals surface area contributed by atoms with Gasteiger partial charge in [-0.05, 0) is 60.3 Å². The Morgan fingerprint density at radius 1 is 0.415 bits per heavy atom. The molecule has 9 rings (SSSR count). The molecule has 0 fully saturated rings. The van der Waals surface area contributed by atoms with Crippen molar-refractivity contribution in [3.8, 4) is 22.3 Å². The smallest absolute Gasteiger partial charge is 0.143 e. The summed E-state index contributed by atoms with van der Waals surface area (Å²) in [4.78, 5) is 0. The van der Waals surface area contributed by atoms with Gasteiger partial charge in [0.1, 0.15) is 11.2 Å². The molecule has 8 aromatic carbocycles. The molecule has 1 aromatic heterocycles. The zero-order valence-corrected chi connectivity index (χ0v) is 21.6. The van der Waals surface area contributed by atoms with Crippen molar-refractivity contribution in [2.45, 2.75) is 0 Å². The third-order valence-electron chi connectivity index (χ3n) is 8.09. The van der Waals surface area contributed by atoms with E-state index in [-0.39, 0.29) is 51.3 Å². The molecule has 0 aliphatic rings. The summed E-state index contributed by atoms with van der Waals surface area (Å²) >= 11 is 0. The molecule has 0 atom stereocenters. The molecule has 1 nitrogen and oxygen atoms in total. The largest absolute Gasteiger partial charge is 0.455 e. The maximum Gasteiger partial charge on any atom is 0.143 e. The summed E-state index contributed by atoms with van der Waals surface area (Å²) in [5.41, 5.74) is 2.74. The van der Waals surface area contributed by atoms with Crippen molar-refractivity contribution in [2.75, 3.05) is 0 Å². The maximum atomic E-state index is 9.34. The molecule has 0 unspecified atom stereocenters. The molecule has 1 heterocycles. The number of furan rings is 1. The summed E-state index contributed by atoms with van der Waals surface area (Å²) < 4.78 is 79.0. The van der Waals surface area contributed by atoms with E-state index in [9.17, 15) is 5.48 Å². The minimum atomic E-state index is -0.439. The van der Waals surface area contributed by atoms with Crippen LogP contribution in [0, 0.1) is 0 Å². The molecular weight excluding hydrogens is 496 g/mol.